The third-order valence-electron chi connectivity index (χ3n) is 2.93. The first-order valence-electron chi connectivity index (χ1n) is 6.49. The lowest BCUT2D eigenvalue weighted by Crippen LogP contribution is -2.34. The minimum absolute atomic E-state index is 0.0229. The van der Waals surface area contributed by atoms with Gasteiger partial charge in [-0.3, -0.25) is 9.59 Å². The van der Waals surface area contributed by atoms with E-state index in [9.17, 15) is 9.59 Å². The van der Waals surface area contributed by atoms with E-state index < -0.39 is 5.92 Å². The second-order valence-electron chi connectivity index (χ2n) is 4.46. The van der Waals surface area contributed by atoms with E-state index in [0.29, 0.717) is 13.0 Å². The van der Waals surface area contributed by atoms with Gasteiger partial charge in [-0.2, -0.15) is 0 Å². The molecule has 0 aliphatic rings. The lowest BCUT2D eigenvalue weighted by molar-refractivity contribution is -0.133. The molecule has 0 bridgehead atoms. The van der Waals surface area contributed by atoms with Gasteiger partial charge in [0.2, 0.25) is 5.91 Å². The molecule has 3 heteroatoms. The minimum Gasteiger partial charge on any atom is -0.355 e. The molecule has 0 saturated heterocycles. The molecule has 1 atom stereocenters. The van der Waals surface area contributed by atoms with E-state index in [1.807, 2.05) is 37.3 Å². The van der Waals surface area contributed by atoms with Crippen LogP contribution in [-0.2, 0) is 16.0 Å². The van der Waals surface area contributed by atoms with Crippen LogP contribution in [0.3, 0.4) is 0 Å². The zero-order valence-corrected chi connectivity index (χ0v) is 11.1. The van der Waals surface area contributed by atoms with Crippen LogP contribution < -0.4 is 5.32 Å². The summed E-state index contributed by atoms with van der Waals surface area (Å²) in [6.07, 6.45) is 2.06. The van der Waals surface area contributed by atoms with E-state index in [-0.39, 0.29) is 11.7 Å². The van der Waals surface area contributed by atoms with Crippen LogP contribution in [-0.4, -0.2) is 18.2 Å². The van der Waals surface area contributed by atoms with E-state index in [1.54, 1.807) is 6.92 Å². The van der Waals surface area contributed by atoms with Crippen molar-refractivity contribution in [3.8, 4) is 0 Å². The predicted octanol–water partition coefficient (Wildman–Crippen LogP) is 2.35. The number of benzene rings is 1. The number of rotatable bonds is 7. The molecule has 1 rings (SSSR count). The van der Waals surface area contributed by atoms with E-state index in [4.69, 9.17) is 0 Å². The average Bonchev–Trinajstić information content (AvgIpc) is 2.39. The Balaban J connectivity index is 2.31. The molecule has 0 aliphatic carbocycles. The highest BCUT2D eigenvalue weighted by Crippen LogP contribution is 2.03. The van der Waals surface area contributed by atoms with Crippen molar-refractivity contribution in [3.05, 3.63) is 35.9 Å². The first-order chi connectivity index (χ1) is 8.65. The van der Waals surface area contributed by atoms with E-state index >= 15 is 0 Å². The Hall–Kier alpha value is -1.64. The second kappa shape index (κ2) is 7.64. The number of ketones is 1. The molecule has 0 spiro atoms. The Morgan fingerprint density at radius 3 is 2.50 bits per heavy atom. The topological polar surface area (TPSA) is 46.2 Å². The maximum absolute atomic E-state index is 11.7. The summed E-state index contributed by atoms with van der Waals surface area (Å²) >= 11 is 0. The first kappa shape index (κ1) is 14.4. The molecule has 1 amide bonds. The van der Waals surface area contributed by atoms with Gasteiger partial charge in [-0.15, -0.1) is 0 Å². The minimum atomic E-state index is -0.527. The Morgan fingerprint density at radius 1 is 1.22 bits per heavy atom. The normalized spacial score (nSPS) is 11.9. The van der Waals surface area contributed by atoms with Gasteiger partial charge in [-0.1, -0.05) is 37.3 Å². The van der Waals surface area contributed by atoms with E-state index in [1.165, 1.54) is 5.56 Å². The Labute approximate surface area is 109 Å². The van der Waals surface area contributed by atoms with Crippen LogP contribution in [0.2, 0.25) is 0 Å². The number of hydrogen-bond donors (Lipinski definition) is 1. The van der Waals surface area contributed by atoms with Crippen molar-refractivity contribution in [1.82, 2.24) is 5.32 Å². The summed E-state index contributed by atoms with van der Waals surface area (Å²) < 4.78 is 0. The number of nitrogens with one attached hydrogen (secondary N) is 1. The highest BCUT2D eigenvalue weighted by Gasteiger charge is 2.19. The van der Waals surface area contributed by atoms with Crippen LogP contribution in [0.4, 0.5) is 0 Å². The van der Waals surface area contributed by atoms with E-state index in [2.05, 4.69) is 5.32 Å². The van der Waals surface area contributed by atoms with Gasteiger partial charge in [0.25, 0.3) is 0 Å². The molecule has 1 aromatic rings. The predicted molar refractivity (Wildman–Crippen MR) is 72.2 cm³/mol. The van der Waals surface area contributed by atoms with Gasteiger partial charge in [0.1, 0.15) is 5.78 Å². The number of amides is 1. The molecule has 0 saturated carbocycles. The molecule has 1 aromatic carbocycles. The van der Waals surface area contributed by atoms with Crippen molar-refractivity contribution in [2.75, 3.05) is 6.54 Å². The molecule has 1 unspecified atom stereocenters. The number of carbonyl (C=O) groups excluding carboxylic acids is 2. The lowest BCUT2D eigenvalue weighted by atomic mass is 10.0. The molecule has 1 N–H and O–H groups in total. The maximum Gasteiger partial charge on any atom is 0.230 e. The Kier molecular flexibility index (Phi) is 6.12. The largest absolute Gasteiger partial charge is 0.355 e. The number of hydrogen-bond acceptors (Lipinski definition) is 2. The van der Waals surface area contributed by atoms with Crippen molar-refractivity contribution in [2.24, 2.45) is 5.92 Å². The fraction of sp³-hybridized carbons (Fsp3) is 0.467. The van der Waals surface area contributed by atoms with Gasteiger partial charge in [0.15, 0.2) is 0 Å². The van der Waals surface area contributed by atoms with Gasteiger partial charge in [0.05, 0.1) is 5.92 Å². The van der Waals surface area contributed by atoms with Crippen LogP contribution in [0.25, 0.3) is 0 Å². The third kappa shape index (κ3) is 4.70. The van der Waals surface area contributed by atoms with Gasteiger partial charge in [-0.25, -0.2) is 0 Å². The van der Waals surface area contributed by atoms with Gasteiger partial charge in [0, 0.05) is 13.0 Å². The standard InChI is InChI=1S/C15H21NO2/c1-3-7-14(17)12(2)15(18)16-11-10-13-8-5-4-6-9-13/h4-6,8-9,12H,3,7,10-11H2,1-2H3,(H,16,18). The second-order valence-corrected chi connectivity index (χ2v) is 4.46. The first-order valence-corrected chi connectivity index (χ1v) is 6.49. The van der Waals surface area contributed by atoms with Crippen LogP contribution in [0, 0.1) is 5.92 Å². The highest BCUT2D eigenvalue weighted by atomic mass is 16.2. The maximum atomic E-state index is 11.7. The SMILES string of the molecule is CCCC(=O)C(C)C(=O)NCCc1ccccc1. The summed E-state index contributed by atoms with van der Waals surface area (Å²) in [4.78, 5) is 23.3. The Bertz CT molecular complexity index is 387. The fourth-order valence-corrected chi connectivity index (χ4v) is 1.74. The van der Waals surface area contributed by atoms with Gasteiger partial charge in [-0.05, 0) is 25.3 Å². The third-order valence-corrected chi connectivity index (χ3v) is 2.93. The van der Waals surface area contributed by atoms with Crippen LogP contribution >= 0.6 is 0 Å². The zero-order chi connectivity index (χ0) is 13.4. The smallest absolute Gasteiger partial charge is 0.230 e. The number of Topliss-reactive ketones (excluding diaryl/α,β-unsaturated/α-hetero) is 1. The Morgan fingerprint density at radius 2 is 1.89 bits per heavy atom. The summed E-state index contributed by atoms with van der Waals surface area (Å²) in [7, 11) is 0. The summed E-state index contributed by atoms with van der Waals surface area (Å²) in [6, 6.07) is 9.97. The number of carbonyl (C=O) groups is 2. The summed E-state index contributed by atoms with van der Waals surface area (Å²) in [6.45, 7) is 4.19. The molecule has 0 aromatic heterocycles. The fourth-order valence-electron chi connectivity index (χ4n) is 1.74. The van der Waals surface area contributed by atoms with Crippen molar-refractivity contribution >= 4 is 11.7 Å². The average molecular weight is 247 g/mol. The molecular formula is C15H21NO2. The zero-order valence-electron chi connectivity index (χ0n) is 11.1. The van der Waals surface area contributed by atoms with Crippen molar-refractivity contribution in [1.29, 1.82) is 0 Å². The van der Waals surface area contributed by atoms with Gasteiger partial charge >= 0.3 is 0 Å². The van der Waals surface area contributed by atoms with E-state index in [0.717, 1.165) is 12.8 Å². The van der Waals surface area contributed by atoms with Gasteiger partial charge < -0.3 is 5.32 Å². The molecule has 98 valence electrons. The van der Waals surface area contributed by atoms with Crippen molar-refractivity contribution in [2.45, 2.75) is 33.1 Å². The molecule has 0 heterocycles. The van der Waals surface area contributed by atoms with Crippen LogP contribution in [0.15, 0.2) is 30.3 Å². The quantitative estimate of drug-likeness (QED) is 0.752. The van der Waals surface area contributed by atoms with Crippen molar-refractivity contribution < 1.29 is 9.59 Å². The monoisotopic (exact) mass is 247 g/mol. The molecule has 0 radical (unpaired) electrons. The lowest BCUT2D eigenvalue weighted by Gasteiger charge is -2.10. The molecule has 0 aliphatic heterocycles. The molecule has 3 nitrogen and oxygen atoms in total. The highest BCUT2D eigenvalue weighted by molar-refractivity contribution is 6.00. The summed E-state index contributed by atoms with van der Waals surface area (Å²) in [5, 5.41) is 2.81. The molecule has 18 heavy (non-hydrogen) atoms. The summed E-state index contributed by atoms with van der Waals surface area (Å²) in [5.41, 5.74) is 1.19. The van der Waals surface area contributed by atoms with Crippen LogP contribution in [0.5, 0.6) is 0 Å². The molecule has 0 fully saturated rings. The van der Waals surface area contributed by atoms with Crippen LogP contribution in [0.1, 0.15) is 32.3 Å². The summed E-state index contributed by atoms with van der Waals surface area (Å²) in [5.74, 6) is -0.667. The van der Waals surface area contributed by atoms with Crippen molar-refractivity contribution in [3.63, 3.8) is 0 Å². The molecular weight excluding hydrogens is 226 g/mol.